The minimum Gasteiger partial charge on any atom is -0.293 e. The molecule has 0 aliphatic heterocycles. The summed E-state index contributed by atoms with van der Waals surface area (Å²) in [4.78, 5) is 14.5. The Morgan fingerprint density at radius 3 is 2.30 bits per heavy atom. The third-order valence-electron chi connectivity index (χ3n) is 3.53. The SMILES string of the molecule is CCN(CC)C(C)(C)C(=O)C=Cc1ccc(Cl)c(Cl)c1. The molecule has 1 aromatic carbocycles. The first-order valence-corrected chi connectivity index (χ1v) is 7.51. The summed E-state index contributed by atoms with van der Waals surface area (Å²) >= 11 is 11.8. The highest BCUT2D eigenvalue weighted by molar-refractivity contribution is 6.42. The molecule has 0 spiro atoms. The van der Waals surface area contributed by atoms with E-state index < -0.39 is 5.54 Å². The number of rotatable bonds is 6. The van der Waals surface area contributed by atoms with Gasteiger partial charge in [0.1, 0.15) is 0 Å². The van der Waals surface area contributed by atoms with Gasteiger partial charge in [-0.25, -0.2) is 0 Å². The summed E-state index contributed by atoms with van der Waals surface area (Å²) < 4.78 is 0. The van der Waals surface area contributed by atoms with Crippen LogP contribution in [0.25, 0.3) is 6.08 Å². The van der Waals surface area contributed by atoms with E-state index in [4.69, 9.17) is 23.2 Å². The fraction of sp³-hybridized carbons (Fsp3) is 0.438. The maximum absolute atomic E-state index is 12.4. The minimum absolute atomic E-state index is 0.0762. The molecule has 0 atom stereocenters. The van der Waals surface area contributed by atoms with Gasteiger partial charge in [0.15, 0.2) is 5.78 Å². The van der Waals surface area contributed by atoms with Crippen LogP contribution < -0.4 is 0 Å². The first-order valence-electron chi connectivity index (χ1n) is 6.75. The molecule has 0 saturated heterocycles. The quantitative estimate of drug-likeness (QED) is 0.710. The van der Waals surface area contributed by atoms with Crippen molar-refractivity contribution in [2.45, 2.75) is 33.2 Å². The van der Waals surface area contributed by atoms with E-state index in [1.54, 1.807) is 24.3 Å². The van der Waals surface area contributed by atoms with Crippen LogP contribution in [-0.2, 0) is 4.79 Å². The fourth-order valence-electron chi connectivity index (χ4n) is 2.16. The fourth-order valence-corrected chi connectivity index (χ4v) is 2.47. The lowest BCUT2D eigenvalue weighted by atomic mass is 9.95. The van der Waals surface area contributed by atoms with Crippen molar-refractivity contribution >= 4 is 35.1 Å². The molecule has 0 heterocycles. The Hall–Kier alpha value is -0.830. The van der Waals surface area contributed by atoms with Crippen LogP contribution in [0.1, 0.15) is 33.3 Å². The number of nitrogens with zero attached hydrogens (tertiary/aromatic N) is 1. The van der Waals surface area contributed by atoms with Crippen LogP contribution in [0.3, 0.4) is 0 Å². The number of carbonyl (C=O) groups excluding carboxylic acids is 1. The number of benzene rings is 1. The zero-order valence-electron chi connectivity index (χ0n) is 12.4. The van der Waals surface area contributed by atoms with E-state index in [0.717, 1.165) is 18.7 Å². The standard InChI is InChI=1S/C16H21Cl2NO/c1-5-19(6-2)16(3,4)15(20)10-8-12-7-9-13(17)14(18)11-12/h7-11H,5-6H2,1-4H3. The van der Waals surface area contributed by atoms with Gasteiger partial charge >= 0.3 is 0 Å². The van der Waals surface area contributed by atoms with Crippen molar-refractivity contribution in [1.82, 2.24) is 4.90 Å². The van der Waals surface area contributed by atoms with Crippen molar-refractivity contribution in [1.29, 1.82) is 0 Å². The zero-order valence-corrected chi connectivity index (χ0v) is 13.9. The maximum Gasteiger partial charge on any atom is 0.175 e. The van der Waals surface area contributed by atoms with Crippen LogP contribution in [0.15, 0.2) is 24.3 Å². The van der Waals surface area contributed by atoms with Gasteiger partial charge in [-0.1, -0.05) is 49.2 Å². The Kier molecular flexibility index (Phi) is 6.25. The van der Waals surface area contributed by atoms with Crippen LogP contribution in [0, 0.1) is 0 Å². The average molecular weight is 314 g/mol. The third-order valence-corrected chi connectivity index (χ3v) is 4.27. The van der Waals surface area contributed by atoms with Crippen LogP contribution in [-0.4, -0.2) is 29.3 Å². The molecule has 110 valence electrons. The molecule has 0 radical (unpaired) electrons. The first kappa shape index (κ1) is 17.2. The van der Waals surface area contributed by atoms with E-state index in [9.17, 15) is 4.79 Å². The van der Waals surface area contributed by atoms with Crippen LogP contribution in [0.4, 0.5) is 0 Å². The van der Waals surface area contributed by atoms with Crippen molar-refractivity contribution in [2.24, 2.45) is 0 Å². The molecular formula is C16H21Cl2NO. The Morgan fingerprint density at radius 2 is 1.80 bits per heavy atom. The van der Waals surface area contributed by atoms with Crippen molar-refractivity contribution in [2.75, 3.05) is 13.1 Å². The van der Waals surface area contributed by atoms with Gasteiger partial charge in [-0.05, 0) is 50.7 Å². The molecule has 20 heavy (non-hydrogen) atoms. The molecule has 0 N–H and O–H groups in total. The number of ketones is 1. The highest BCUT2D eigenvalue weighted by Gasteiger charge is 2.30. The van der Waals surface area contributed by atoms with Gasteiger partial charge in [-0.3, -0.25) is 9.69 Å². The van der Waals surface area contributed by atoms with Crippen molar-refractivity contribution < 1.29 is 4.79 Å². The normalized spacial score (nSPS) is 12.3. The van der Waals surface area contributed by atoms with Gasteiger partial charge in [0.2, 0.25) is 0 Å². The Bertz CT molecular complexity index is 505. The smallest absolute Gasteiger partial charge is 0.175 e. The molecule has 1 rings (SSSR count). The van der Waals surface area contributed by atoms with Crippen molar-refractivity contribution in [3.05, 3.63) is 39.9 Å². The average Bonchev–Trinajstić information content (AvgIpc) is 2.40. The third kappa shape index (κ3) is 4.08. The summed E-state index contributed by atoms with van der Waals surface area (Å²) in [5.74, 6) is 0.0762. The van der Waals surface area contributed by atoms with Gasteiger partial charge in [0, 0.05) is 0 Å². The summed E-state index contributed by atoms with van der Waals surface area (Å²) in [6, 6.07) is 5.31. The molecule has 2 nitrogen and oxygen atoms in total. The molecule has 0 unspecified atom stereocenters. The number of hydrogen-bond acceptors (Lipinski definition) is 2. The minimum atomic E-state index is -0.504. The Balaban J connectivity index is 2.88. The van der Waals surface area contributed by atoms with Gasteiger partial charge in [-0.15, -0.1) is 0 Å². The van der Waals surface area contributed by atoms with E-state index in [1.165, 1.54) is 0 Å². The second-order valence-corrected chi connectivity index (χ2v) is 5.92. The van der Waals surface area contributed by atoms with Gasteiger partial charge in [-0.2, -0.15) is 0 Å². The van der Waals surface area contributed by atoms with E-state index in [0.29, 0.717) is 10.0 Å². The predicted molar refractivity (Wildman–Crippen MR) is 87.5 cm³/mol. The highest BCUT2D eigenvalue weighted by Crippen LogP contribution is 2.23. The monoisotopic (exact) mass is 313 g/mol. The summed E-state index contributed by atoms with van der Waals surface area (Å²) in [5.41, 5.74) is 0.360. The summed E-state index contributed by atoms with van der Waals surface area (Å²) in [5, 5.41) is 1.00. The van der Waals surface area contributed by atoms with Crippen LogP contribution >= 0.6 is 23.2 Å². The number of likely N-dealkylation sites (N-methyl/N-ethyl adjacent to an activating group) is 1. The largest absolute Gasteiger partial charge is 0.293 e. The van der Waals surface area contributed by atoms with E-state index >= 15 is 0 Å². The lowest BCUT2D eigenvalue weighted by Gasteiger charge is -2.34. The molecule has 0 aliphatic rings. The lowest BCUT2D eigenvalue weighted by molar-refractivity contribution is -0.124. The van der Waals surface area contributed by atoms with Gasteiger partial charge in [0.05, 0.1) is 15.6 Å². The predicted octanol–water partition coefficient (Wildman–Crippen LogP) is 4.70. The molecular weight excluding hydrogens is 293 g/mol. The Labute approximate surface area is 131 Å². The lowest BCUT2D eigenvalue weighted by Crippen LogP contribution is -2.49. The molecule has 4 heteroatoms. The highest BCUT2D eigenvalue weighted by atomic mass is 35.5. The molecule has 0 aromatic heterocycles. The molecule has 1 aromatic rings. The summed E-state index contributed by atoms with van der Waals surface area (Å²) in [6.45, 7) is 9.69. The van der Waals surface area contributed by atoms with E-state index in [-0.39, 0.29) is 5.78 Å². The number of hydrogen-bond donors (Lipinski definition) is 0. The molecule has 0 bridgehead atoms. The van der Waals surface area contributed by atoms with E-state index in [2.05, 4.69) is 18.7 Å². The first-order chi connectivity index (χ1) is 9.32. The second kappa shape index (κ2) is 7.26. The second-order valence-electron chi connectivity index (χ2n) is 5.10. The topological polar surface area (TPSA) is 20.3 Å². The van der Waals surface area contributed by atoms with E-state index in [1.807, 2.05) is 19.9 Å². The zero-order chi connectivity index (χ0) is 15.3. The summed E-state index contributed by atoms with van der Waals surface area (Å²) in [7, 11) is 0. The molecule has 0 amide bonds. The molecule has 0 fully saturated rings. The summed E-state index contributed by atoms with van der Waals surface area (Å²) in [6.07, 6.45) is 3.38. The van der Waals surface area contributed by atoms with Gasteiger partial charge in [0.25, 0.3) is 0 Å². The van der Waals surface area contributed by atoms with Crippen molar-refractivity contribution in [3.63, 3.8) is 0 Å². The maximum atomic E-state index is 12.4. The van der Waals surface area contributed by atoms with Gasteiger partial charge < -0.3 is 0 Å². The number of carbonyl (C=O) groups is 1. The van der Waals surface area contributed by atoms with Crippen LogP contribution in [0.5, 0.6) is 0 Å². The van der Waals surface area contributed by atoms with Crippen molar-refractivity contribution in [3.8, 4) is 0 Å². The van der Waals surface area contributed by atoms with Crippen LogP contribution in [0.2, 0.25) is 10.0 Å². The molecule has 0 saturated carbocycles. The molecule has 0 aliphatic carbocycles. The Morgan fingerprint density at radius 1 is 1.20 bits per heavy atom. The number of halogens is 2.